The van der Waals surface area contributed by atoms with Crippen LogP contribution in [0.5, 0.6) is 11.5 Å². The second-order valence-corrected chi connectivity index (χ2v) is 9.19. The van der Waals surface area contributed by atoms with E-state index in [1.165, 1.54) is 0 Å². The number of hydrogen-bond donors (Lipinski definition) is 1. The van der Waals surface area contributed by atoms with Gasteiger partial charge in [-0.1, -0.05) is 48.5 Å². The molecule has 36 heavy (non-hydrogen) atoms. The molecule has 3 aromatic carbocycles. The first-order valence-electron chi connectivity index (χ1n) is 11.9. The summed E-state index contributed by atoms with van der Waals surface area (Å²) in [6, 6.07) is 25.0. The van der Waals surface area contributed by atoms with E-state index < -0.39 is 5.54 Å². The minimum atomic E-state index is -1.14. The first-order valence-corrected chi connectivity index (χ1v) is 11.9. The van der Waals surface area contributed by atoms with Crippen molar-refractivity contribution in [2.45, 2.75) is 32.1 Å². The number of fused-ring (bicyclic) bond motifs is 3. The molecular weight excluding hydrogens is 454 g/mol. The highest BCUT2D eigenvalue weighted by Gasteiger charge is 2.47. The molecule has 5 rings (SSSR count). The zero-order chi connectivity index (χ0) is 25.3. The standard InChI is InChI=1S/C29H29N3O4/c1-29(28(34)30-17-20-9-5-4-6-10-20)19-31-24-12-8-7-11-21(24)16-25(31)27(33)32(29)18-22-15-23(35-2)13-14-26(22)36-3/h4-16H,17-19H2,1-3H3,(H,30,34)/t29-/m1/s1. The summed E-state index contributed by atoms with van der Waals surface area (Å²) in [6.07, 6.45) is 0. The molecule has 0 spiro atoms. The van der Waals surface area contributed by atoms with E-state index in [-0.39, 0.29) is 18.4 Å². The number of methoxy groups -OCH3 is 2. The van der Waals surface area contributed by atoms with E-state index in [1.807, 2.05) is 90.4 Å². The van der Waals surface area contributed by atoms with Crippen molar-refractivity contribution in [3.8, 4) is 11.5 Å². The molecule has 0 unspecified atom stereocenters. The van der Waals surface area contributed by atoms with Gasteiger partial charge in [0.15, 0.2) is 0 Å². The zero-order valence-electron chi connectivity index (χ0n) is 20.7. The van der Waals surface area contributed by atoms with Crippen molar-refractivity contribution in [2.75, 3.05) is 14.2 Å². The molecule has 7 nitrogen and oxygen atoms in total. The molecule has 4 aromatic rings. The first kappa shape index (κ1) is 23.5. The Balaban J connectivity index is 1.56. The van der Waals surface area contributed by atoms with Crippen molar-refractivity contribution in [3.63, 3.8) is 0 Å². The normalized spacial score (nSPS) is 17.1. The molecule has 1 aliphatic heterocycles. The van der Waals surface area contributed by atoms with Crippen LogP contribution in [-0.2, 0) is 24.4 Å². The average molecular weight is 484 g/mol. The van der Waals surface area contributed by atoms with Crippen LogP contribution in [0.1, 0.15) is 28.5 Å². The summed E-state index contributed by atoms with van der Waals surface area (Å²) in [7, 11) is 3.18. The number of ether oxygens (including phenoxy) is 2. The van der Waals surface area contributed by atoms with Crippen molar-refractivity contribution in [3.05, 3.63) is 95.7 Å². The Bertz CT molecular complexity index is 1430. The van der Waals surface area contributed by atoms with E-state index in [0.29, 0.717) is 30.3 Å². The van der Waals surface area contributed by atoms with Crippen LogP contribution >= 0.6 is 0 Å². The van der Waals surface area contributed by atoms with Gasteiger partial charge in [0.1, 0.15) is 22.7 Å². The summed E-state index contributed by atoms with van der Waals surface area (Å²) < 4.78 is 12.9. The second-order valence-electron chi connectivity index (χ2n) is 9.19. The molecule has 0 saturated heterocycles. The van der Waals surface area contributed by atoms with E-state index in [4.69, 9.17) is 9.47 Å². The molecule has 0 saturated carbocycles. The van der Waals surface area contributed by atoms with Crippen molar-refractivity contribution in [2.24, 2.45) is 0 Å². The lowest BCUT2D eigenvalue weighted by molar-refractivity contribution is -0.133. The summed E-state index contributed by atoms with van der Waals surface area (Å²) >= 11 is 0. The quantitative estimate of drug-likeness (QED) is 0.423. The van der Waals surface area contributed by atoms with Gasteiger partial charge in [-0.05, 0) is 42.8 Å². The van der Waals surface area contributed by atoms with Crippen LogP contribution < -0.4 is 14.8 Å². The number of benzene rings is 3. The van der Waals surface area contributed by atoms with Crippen LogP contribution in [0.15, 0.2) is 78.9 Å². The Hall–Kier alpha value is -4.26. The summed E-state index contributed by atoms with van der Waals surface area (Å²) in [5, 5.41) is 4.03. The smallest absolute Gasteiger partial charge is 0.271 e. The van der Waals surface area contributed by atoms with Crippen LogP contribution in [0, 0.1) is 0 Å². The van der Waals surface area contributed by atoms with Gasteiger partial charge in [-0.2, -0.15) is 0 Å². The fourth-order valence-corrected chi connectivity index (χ4v) is 4.90. The highest BCUT2D eigenvalue weighted by molar-refractivity contribution is 6.03. The maximum Gasteiger partial charge on any atom is 0.271 e. The number of amides is 2. The molecule has 0 fully saturated rings. The Morgan fingerprint density at radius 3 is 2.47 bits per heavy atom. The topological polar surface area (TPSA) is 72.8 Å². The van der Waals surface area contributed by atoms with E-state index in [9.17, 15) is 9.59 Å². The van der Waals surface area contributed by atoms with Crippen molar-refractivity contribution < 1.29 is 19.1 Å². The molecule has 1 atom stereocenters. The van der Waals surface area contributed by atoms with Crippen LogP contribution in [-0.4, -0.2) is 41.0 Å². The molecule has 1 aliphatic rings. The Kier molecular flexibility index (Phi) is 6.14. The molecule has 0 bridgehead atoms. The molecule has 2 amide bonds. The summed E-state index contributed by atoms with van der Waals surface area (Å²) in [4.78, 5) is 29.5. The number of nitrogens with one attached hydrogen (secondary N) is 1. The first-order chi connectivity index (χ1) is 17.4. The number of carbonyl (C=O) groups excluding carboxylic acids is 2. The van der Waals surface area contributed by atoms with Crippen molar-refractivity contribution in [1.29, 1.82) is 0 Å². The average Bonchev–Trinajstić information content (AvgIpc) is 3.28. The van der Waals surface area contributed by atoms with E-state index in [1.54, 1.807) is 19.1 Å². The van der Waals surface area contributed by atoms with Crippen molar-refractivity contribution >= 4 is 22.7 Å². The largest absolute Gasteiger partial charge is 0.497 e. The monoisotopic (exact) mass is 483 g/mol. The van der Waals surface area contributed by atoms with Crippen LogP contribution in [0.25, 0.3) is 10.9 Å². The fourth-order valence-electron chi connectivity index (χ4n) is 4.90. The number of carbonyl (C=O) groups is 2. The number of rotatable bonds is 7. The van der Waals surface area contributed by atoms with E-state index in [2.05, 4.69) is 5.32 Å². The molecular formula is C29H29N3O4. The van der Waals surface area contributed by atoms with Gasteiger partial charge < -0.3 is 24.3 Å². The number of aromatic nitrogens is 1. The lowest BCUT2D eigenvalue weighted by Crippen LogP contribution is -2.63. The molecule has 1 aromatic heterocycles. The SMILES string of the molecule is COc1ccc(OC)c(CN2C(=O)c3cc4ccccc4n3C[C@]2(C)C(=O)NCc2ccccc2)c1. The van der Waals surface area contributed by atoms with Crippen LogP contribution in [0.2, 0.25) is 0 Å². The molecule has 0 radical (unpaired) electrons. The summed E-state index contributed by atoms with van der Waals surface area (Å²) in [5.41, 5.74) is 2.10. The van der Waals surface area contributed by atoms with Crippen LogP contribution in [0.3, 0.4) is 0 Å². The van der Waals surface area contributed by atoms with Gasteiger partial charge in [-0.15, -0.1) is 0 Å². The lowest BCUT2D eigenvalue weighted by Gasteiger charge is -2.44. The highest BCUT2D eigenvalue weighted by atomic mass is 16.5. The van der Waals surface area contributed by atoms with Crippen LogP contribution in [0.4, 0.5) is 0 Å². The Morgan fingerprint density at radius 1 is 0.972 bits per heavy atom. The molecule has 184 valence electrons. The minimum Gasteiger partial charge on any atom is -0.497 e. The Labute approximate surface area is 210 Å². The summed E-state index contributed by atoms with van der Waals surface area (Å²) in [6.45, 7) is 2.72. The molecule has 1 N–H and O–H groups in total. The maximum atomic E-state index is 14.0. The zero-order valence-corrected chi connectivity index (χ0v) is 20.7. The summed E-state index contributed by atoms with van der Waals surface area (Å²) in [5.74, 6) is 0.853. The lowest BCUT2D eigenvalue weighted by atomic mass is 9.93. The van der Waals surface area contributed by atoms with Gasteiger partial charge in [0.05, 0.1) is 27.3 Å². The molecule has 0 aliphatic carbocycles. The van der Waals surface area contributed by atoms with Gasteiger partial charge in [0.2, 0.25) is 5.91 Å². The predicted octanol–water partition coefficient (Wildman–Crippen LogP) is 4.39. The van der Waals surface area contributed by atoms with E-state index in [0.717, 1.165) is 22.0 Å². The second kappa shape index (κ2) is 9.41. The van der Waals surface area contributed by atoms with Gasteiger partial charge in [0, 0.05) is 23.0 Å². The van der Waals surface area contributed by atoms with Gasteiger partial charge in [0.25, 0.3) is 5.91 Å². The minimum absolute atomic E-state index is 0.190. The van der Waals surface area contributed by atoms with Gasteiger partial charge in [-0.3, -0.25) is 9.59 Å². The third-order valence-electron chi connectivity index (χ3n) is 6.94. The van der Waals surface area contributed by atoms with Crippen molar-refractivity contribution in [1.82, 2.24) is 14.8 Å². The highest BCUT2D eigenvalue weighted by Crippen LogP contribution is 2.35. The fraction of sp³-hybridized carbons (Fsp3) is 0.241. The van der Waals surface area contributed by atoms with E-state index >= 15 is 0 Å². The number of hydrogen-bond acceptors (Lipinski definition) is 4. The third kappa shape index (κ3) is 4.06. The van der Waals surface area contributed by atoms with Gasteiger partial charge in [-0.25, -0.2) is 0 Å². The maximum absolute atomic E-state index is 14.0. The number of nitrogens with zero attached hydrogens (tertiary/aromatic N) is 2. The van der Waals surface area contributed by atoms with Gasteiger partial charge >= 0.3 is 0 Å². The predicted molar refractivity (Wildman–Crippen MR) is 138 cm³/mol. The molecule has 7 heteroatoms. The number of para-hydroxylation sites is 1. The third-order valence-corrected chi connectivity index (χ3v) is 6.94. The molecule has 2 heterocycles. The Morgan fingerprint density at radius 2 is 1.72 bits per heavy atom.